The molecule has 4 atom stereocenters. The largest absolute Gasteiger partial charge is 0.377 e. The Balaban J connectivity index is 1.67. The molecular formula is C16H26O2S2. The number of hydrogen-bond donors (Lipinski definition) is 0. The van der Waals surface area contributed by atoms with Gasteiger partial charge in [0.2, 0.25) is 0 Å². The topological polar surface area (TPSA) is 18.5 Å². The lowest BCUT2D eigenvalue weighted by Gasteiger charge is -2.21. The van der Waals surface area contributed by atoms with Gasteiger partial charge in [-0.1, -0.05) is 13.2 Å². The maximum atomic E-state index is 6.07. The van der Waals surface area contributed by atoms with Gasteiger partial charge in [-0.3, -0.25) is 0 Å². The van der Waals surface area contributed by atoms with Crippen LogP contribution in [0.5, 0.6) is 0 Å². The number of thioether (sulfide) groups is 2. The third-order valence-electron chi connectivity index (χ3n) is 4.38. The predicted molar refractivity (Wildman–Crippen MR) is 90.2 cm³/mol. The second-order valence-corrected chi connectivity index (χ2v) is 7.53. The van der Waals surface area contributed by atoms with E-state index in [0.717, 1.165) is 36.6 Å². The average molecular weight is 315 g/mol. The van der Waals surface area contributed by atoms with Crippen LogP contribution in [-0.2, 0) is 9.47 Å². The van der Waals surface area contributed by atoms with Gasteiger partial charge in [0.15, 0.2) is 0 Å². The van der Waals surface area contributed by atoms with E-state index in [0.29, 0.717) is 12.2 Å². The minimum atomic E-state index is 0.474. The van der Waals surface area contributed by atoms with E-state index in [1.165, 1.54) is 25.7 Å². The molecule has 114 valence electrons. The molecule has 2 aliphatic carbocycles. The zero-order valence-electron chi connectivity index (χ0n) is 12.2. The number of ether oxygens (including phenoxy) is 2. The van der Waals surface area contributed by atoms with Gasteiger partial charge in [0, 0.05) is 11.5 Å². The van der Waals surface area contributed by atoms with Crippen molar-refractivity contribution in [1.82, 2.24) is 0 Å². The lowest BCUT2D eigenvalue weighted by Crippen LogP contribution is -2.24. The molecule has 2 nitrogen and oxygen atoms in total. The van der Waals surface area contributed by atoms with Crippen molar-refractivity contribution < 1.29 is 9.47 Å². The van der Waals surface area contributed by atoms with Crippen LogP contribution >= 0.6 is 23.5 Å². The van der Waals surface area contributed by atoms with Gasteiger partial charge in [0.1, 0.15) is 0 Å². The first-order chi connectivity index (χ1) is 9.86. The van der Waals surface area contributed by atoms with E-state index in [1.807, 2.05) is 10.8 Å². The van der Waals surface area contributed by atoms with Crippen LogP contribution in [-0.4, -0.2) is 36.9 Å². The van der Waals surface area contributed by atoms with E-state index in [4.69, 9.17) is 9.47 Å². The van der Waals surface area contributed by atoms with Crippen LogP contribution in [0.2, 0.25) is 0 Å². The molecular weight excluding hydrogens is 288 g/mol. The van der Waals surface area contributed by atoms with Gasteiger partial charge in [-0.2, -0.15) is 0 Å². The summed E-state index contributed by atoms with van der Waals surface area (Å²) in [5, 5.41) is 3.78. The molecule has 4 heteroatoms. The van der Waals surface area contributed by atoms with E-state index in [-0.39, 0.29) is 0 Å². The molecule has 0 aromatic rings. The summed E-state index contributed by atoms with van der Waals surface area (Å²) in [6.45, 7) is 9.14. The van der Waals surface area contributed by atoms with Crippen molar-refractivity contribution in [1.29, 1.82) is 0 Å². The molecule has 0 aromatic carbocycles. The van der Waals surface area contributed by atoms with E-state index >= 15 is 0 Å². The van der Waals surface area contributed by atoms with Crippen molar-refractivity contribution in [2.45, 2.75) is 37.9 Å². The van der Waals surface area contributed by atoms with Gasteiger partial charge >= 0.3 is 0 Å². The van der Waals surface area contributed by atoms with Gasteiger partial charge < -0.3 is 9.47 Å². The smallest absolute Gasteiger partial charge is 0.0607 e. The highest BCUT2D eigenvalue weighted by molar-refractivity contribution is 8.02. The Labute approximate surface area is 131 Å². The first kappa shape index (κ1) is 16.5. The van der Waals surface area contributed by atoms with Crippen LogP contribution in [0.25, 0.3) is 0 Å². The quantitative estimate of drug-likeness (QED) is 0.558. The van der Waals surface area contributed by atoms with E-state index in [9.17, 15) is 0 Å². The molecule has 20 heavy (non-hydrogen) atoms. The lowest BCUT2D eigenvalue weighted by molar-refractivity contribution is 0.0142. The fourth-order valence-electron chi connectivity index (χ4n) is 3.57. The van der Waals surface area contributed by atoms with Gasteiger partial charge in [0.05, 0.1) is 25.4 Å². The Morgan fingerprint density at radius 1 is 0.800 bits per heavy atom. The fraction of sp³-hybridized carbons (Fsp3) is 0.750. The van der Waals surface area contributed by atoms with Crippen molar-refractivity contribution in [3.8, 4) is 0 Å². The highest BCUT2D eigenvalue weighted by atomic mass is 32.2. The van der Waals surface area contributed by atoms with Crippen molar-refractivity contribution in [3.05, 3.63) is 24.0 Å². The Morgan fingerprint density at radius 2 is 1.25 bits per heavy atom. The van der Waals surface area contributed by atoms with Crippen molar-refractivity contribution in [3.63, 3.8) is 0 Å². The summed E-state index contributed by atoms with van der Waals surface area (Å²) in [5.74, 6) is 3.52. The summed E-state index contributed by atoms with van der Waals surface area (Å²) in [6, 6.07) is 0. The minimum Gasteiger partial charge on any atom is -0.377 e. The number of rotatable bonds is 10. The van der Waals surface area contributed by atoms with Gasteiger partial charge in [-0.15, -0.1) is 23.5 Å². The molecule has 0 bridgehead atoms. The third-order valence-corrected chi connectivity index (χ3v) is 5.65. The molecule has 0 amide bonds. The molecule has 2 aliphatic rings. The lowest BCUT2D eigenvalue weighted by atomic mass is 9.98. The third kappa shape index (κ3) is 4.55. The highest BCUT2D eigenvalue weighted by Gasteiger charge is 2.45. The second kappa shape index (κ2) is 9.19. The van der Waals surface area contributed by atoms with Crippen LogP contribution in [0.4, 0.5) is 0 Å². The Bertz CT molecular complexity index is 279. The maximum Gasteiger partial charge on any atom is 0.0607 e. The standard InChI is InChI=1S/C16H26O2S2/c1-3-19-11-9-17-15-7-5-14-13(15)6-8-16(14)18-10-12-20-4-2/h3-4,13-16H,1-2,5-12H2. The summed E-state index contributed by atoms with van der Waals surface area (Å²) in [7, 11) is 0. The Hall–Kier alpha value is 0.1000. The molecule has 2 rings (SSSR count). The SMILES string of the molecule is C=CSCCOC1CCC2C(OCCSC=C)CCC12. The van der Waals surface area contributed by atoms with Gasteiger partial charge in [-0.05, 0) is 48.3 Å². The van der Waals surface area contributed by atoms with Gasteiger partial charge in [0.25, 0.3) is 0 Å². The van der Waals surface area contributed by atoms with E-state index < -0.39 is 0 Å². The van der Waals surface area contributed by atoms with E-state index in [1.54, 1.807) is 23.5 Å². The van der Waals surface area contributed by atoms with Crippen LogP contribution in [0, 0.1) is 11.8 Å². The molecule has 2 saturated carbocycles. The molecule has 0 heterocycles. The zero-order valence-corrected chi connectivity index (χ0v) is 13.8. The molecule has 0 radical (unpaired) electrons. The molecule has 0 aromatic heterocycles. The van der Waals surface area contributed by atoms with Gasteiger partial charge in [-0.25, -0.2) is 0 Å². The minimum absolute atomic E-state index is 0.474. The fourth-order valence-corrected chi connectivity index (χ4v) is 4.29. The van der Waals surface area contributed by atoms with Crippen LogP contribution < -0.4 is 0 Å². The normalized spacial score (nSPS) is 32.2. The first-order valence-corrected chi connectivity index (χ1v) is 9.64. The Kier molecular flexibility index (Phi) is 7.56. The summed E-state index contributed by atoms with van der Waals surface area (Å²) in [5.41, 5.74) is 0. The van der Waals surface area contributed by atoms with Crippen LogP contribution in [0.1, 0.15) is 25.7 Å². The maximum absolute atomic E-state index is 6.07. The van der Waals surface area contributed by atoms with Crippen LogP contribution in [0.15, 0.2) is 24.0 Å². The monoisotopic (exact) mass is 314 g/mol. The number of fused-ring (bicyclic) bond motifs is 1. The molecule has 0 spiro atoms. The zero-order chi connectivity index (χ0) is 14.2. The summed E-state index contributed by atoms with van der Waals surface area (Å²) < 4.78 is 12.1. The summed E-state index contributed by atoms with van der Waals surface area (Å²) in [6.07, 6.45) is 5.94. The molecule has 0 saturated heterocycles. The molecule has 2 fully saturated rings. The summed E-state index contributed by atoms with van der Waals surface area (Å²) in [4.78, 5) is 0. The average Bonchev–Trinajstić information content (AvgIpc) is 3.03. The molecule has 0 N–H and O–H groups in total. The summed E-state index contributed by atoms with van der Waals surface area (Å²) >= 11 is 3.47. The number of hydrogen-bond acceptors (Lipinski definition) is 4. The second-order valence-electron chi connectivity index (χ2n) is 5.38. The van der Waals surface area contributed by atoms with Crippen molar-refractivity contribution in [2.24, 2.45) is 11.8 Å². The molecule has 0 aliphatic heterocycles. The van der Waals surface area contributed by atoms with Crippen LogP contribution in [0.3, 0.4) is 0 Å². The van der Waals surface area contributed by atoms with Crippen molar-refractivity contribution >= 4 is 23.5 Å². The highest BCUT2D eigenvalue weighted by Crippen LogP contribution is 2.46. The molecule has 4 unspecified atom stereocenters. The Morgan fingerprint density at radius 3 is 1.65 bits per heavy atom. The predicted octanol–water partition coefficient (Wildman–Crippen LogP) is 4.33. The van der Waals surface area contributed by atoms with E-state index in [2.05, 4.69) is 13.2 Å². The first-order valence-electron chi connectivity index (χ1n) is 7.55. The van der Waals surface area contributed by atoms with Crippen molar-refractivity contribution in [2.75, 3.05) is 24.7 Å².